The van der Waals surface area contributed by atoms with Crippen LogP contribution in [-0.4, -0.2) is 38.2 Å². The highest BCUT2D eigenvalue weighted by Gasteiger charge is 2.57. The first-order valence-electron chi connectivity index (χ1n) is 10.3. The van der Waals surface area contributed by atoms with E-state index >= 15 is 0 Å². The molecule has 0 aliphatic heterocycles. The minimum absolute atomic E-state index is 0.250. The molecule has 5 rings (SSSR count). The van der Waals surface area contributed by atoms with Gasteiger partial charge in [-0.1, -0.05) is 18.2 Å². The first-order valence-corrected chi connectivity index (χ1v) is 10.3. The van der Waals surface area contributed by atoms with Gasteiger partial charge in [0.05, 0.1) is 12.7 Å². The number of hydrogen-bond acceptors (Lipinski definition) is 4. The van der Waals surface area contributed by atoms with Crippen molar-refractivity contribution in [1.82, 2.24) is 10.6 Å². The van der Waals surface area contributed by atoms with Gasteiger partial charge in [-0.25, -0.2) is 0 Å². The summed E-state index contributed by atoms with van der Waals surface area (Å²) in [4.78, 5) is 24.7. The number of nitrogens with one attached hydrogen (secondary N) is 2. The summed E-state index contributed by atoms with van der Waals surface area (Å²) in [5.74, 6) is 2.10. The maximum Gasteiger partial charge on any atom is 0.309 e. The Morgan fingerprint density at radius 3 is 2.18 bits per heavy atom. The van der Waals surface area contributed by atoms with E-state index in [0.29, 0.717) is 24.1 Å². The monoisotopic (exact) mass is 386 g/mol. The Kier molecular flexibility index (Phi) is 5.32. The minimum Gasteiger partial charge on any atom is -0.496 e. The lowest BCUT2D eigenvalue weighted by Crippen LogP contribution is -2.63. The predicted octanol–water partition coefficient (Wildman–Crippen LogP) is 2.27. The van der Waals surface area contributed by atoms with Gasteiger partial charge >= 0.3 is 11.8 Å². The Hall–Kier alpha value is -2.08. The van der Waals surface area contributed by atoms with Crippen LogP contribution in [0.1, 0.15) is 37.7 Å². The molecule has 4 aliphatic rings. The topological polar surface area (TPSA) is 76.7 Å². The molecule has 2 N–H and O–H groups in total. The third-order valence-electron chi connectivity index (χ3n) is 7.26. The third-order valence-corrected chi connectivity index (χ3v) is 7.26. The van der Waals surface area contributed by atoms with E-state index in [2.05, 4.69) is 10.6 Å². The highest BCUT2D eigenvalue weighted by atomic mass is 16.5. The summed E-state index contributed by atoms with van der Waals surface area (Å²) >= 11 is 0. The van der Waals surface area contributed by atoms with Crippen LogP contribution >= 0.6 is 0 Å². The molecule has 0 saturated heterocycles. The molecule has 4 bridgehead atoms. The number of methoxy groups -OCH3 is 2. The van der Waals surface area contributed by atoms with Gasteiger partial charge in [-0.15, -0.1) is 0 Å². The van der Waals surface area contributed by atoms with Crippen LogP contribution in [0.25, 0.3) is 0 Å². The molecule has 6 heteroatoms. The SMILES string of the molecule is COc1ccccc1CNC(=O)C(=O)NCC1(OC)C2CC3CC(C2)CC1C3. The summed E-state index contributed by atoms with van der Waals surface area (Å²) in [6.07, 6.45) is 6.13. The fourth-order valence-corrected chi connectivity index (χ4v) is 6.08. The van der Waals surface area contributed by atoms with Crippen molar-refractivity contribution < 1.29 is 19.1 Å². The van der Waals surface area contributed by atoms with Crippen LogP contribution in [0.2, 0.25) is 0 Å². The quantitative estimate of drug-likeness (QED) is 0.736. The van der Waals surface area contributed by atoms with Gasteiger partial charge in [0.15, 0.2) is 0 Å². The van der Waals surface area contributed by atoms with Crippen LogP contribution in [0.3, 0.4) is 0 Å². The van der Waals surface area contributed by atoms with Gasteiger partial charge in [-0.3, -0.25) is 9.59 Å². The molecule has 0 spiro atoms. The van der Waals surface area contributed by atoms with Crippen LogP contribution in [0.5, 0.6) is 5.75 Å². The van der Waals surface area contributed by atoms with E-state index in [-0.39, 0.29) is 12.1 Å². The smallest absolute Gasteiger partial charge is 0.309 e. The Bertz CT molecular complexity index is 720. The fourth-order valence-electron chi connectivity index (χ4n) is 6.08. The number of benzene rings is 1. The van der Waals surface area contributed by atoms with Gasteiger partial charge < -0.3 is 20.1 Å². The first kappa shape index (κ1) is 19.2. The van der Waals surface area contributed by atoms with Crippen molar-refractivity contribution in [3.05, 3.63) is 29.8 Å². The molecule has 4 fully saturated rings. The van der Waals surface area contributed by atoms with Crippen molar-refractivity contribution in [3.63, 3.8) is 0 Å². The molecular formula is C22H30N2O4. The highest BCUT2D eigenvalue weighted by Crippen LogP contribution is 2.59. The lowest BCUT2D eigenvalue weighted by molar-refractivity contribution is -0.188. The van der Waals surface area contributed by atoms with Gasteiger partial charge in [0.1, 0.15) is 5.75 Å². The summed E-state index contributed by atoms with van der Waals surface area (Å²) < 4.78 is 11.3. The molecule has 1 aromatic carbocycles. The number of hydrogen-bond donors (Lipinski definition) is 2. The molecular weight excluding hydrogens is 356 g/mol. The van der Waals surface area contributed by atoms with Gasteiger partial charge in [-0.05, 0) is 61.8 Å². The van der Waals surface area contributed by atoms with Crippen molar-refractivity contribution in [2.75, 3.05) is 20.8 Å². The van der Waals surface area contributed by atoms with E-state index in [1.807, 2.05) is 24.3 Å². The second kappa shape index (κ2) is 7.74. The Labute approximate surface area is 166 Å². The fraction of sp³-hybridized carbons (Fsp3) is 0.636. The largest absolute Gasteiger partial charge is 0.496 e. The summed E-state index contributed by atoms with van der Waals surface area (Å²) in [7, 11) is 3.35. The molecule has 4 aliphatic carbocycles. The normalized spacial score (nSPS) is 32.8. The van der Waals surface area contributed by atoms with Crippen molar-refractivity contribution in [2.45, 2.75) is 44.2 Å². The number of amides is 2. The van der Waals surface area contributed by atoms with Crippen LogP contribution in [-0.2, 0) is 20.9 Å². The van der Waals surface area contributed by atoms with Crippen molar-refractivity contribution in [2.24, 2.45) is 23.7 Å². The number of carbonyl (C=O) groups is 2. The van der Waals surface area contributed by atoms with Crippen LogP contribution in [0.15, 0.2) is 24.3 Å². The van der Waals surface area contributed by atoms with E-state index in [4.69, 9.17) is 9.47 Å². The third kappa shape index (κ3) is 3.39. The van der Waals surface area contributed by atoms with Crippen LogP contribution in [0, 0.1) is 23.7 Å². The molecule has 2 amide bonds. The Morgan fingerprint density at radius 2 is 1.57 bits per heavy atom. The van der Waals surface area contributed by atoms with Crippen LogP contribution < -0.4 is 15.4 Å². The second-order valence-electron chi connectivity index (χ2n) is 8.64. The summed E-state index contributed by atoms with van der Waals surface area (Å²) in [5, 5.41) is 5.54. The molecule has 0 heterocycles. The Morgan fingerprint density at radius 1 is 0.964 bits per heavy atom. The van der Waals surface area contributed by atoms with E-state index in [0.717, 1.165) is 17.4 Å². The lowest BCUT2D eigenvalue weighted by atomic mass is 9.49. The zero-order valence-electron chi connectivity index (χ0n) is 16.7. The minimum atomic E-state index is -0.624. The standard InChI is InChI=1S/C22H30N2O4/c1-27-19-6-4-3-5-16(19)12-23-20(25)21(26)24-13-22(28-2)17-8-14-7-15(10-17)11-18(22)9-14/h3-6,14-15,17-18H,7-13H2,1-2H3,(H,23,25)(H,24,26). The summed E-state index contributed by atoms with van der Waals surface area (Å²) in [6.45, 7) is 0.666. The van der Waals surface area contributed by atoms with Gasteiger partial charge in [0, 0.05) is 25.8 Å². The highest BCUT2D eigenvalue weighted by molar-refractivity contribution is 6.35. The van der Waals surface area contributed by atoms with Gasteiger partial charge in [0.2, 0.25) is 0 Å². The molecule has 1 aromatic rings. The second-order valence-corrected chi connectivity index (χ2v) is 8.64. The number of ether oxygens (including phenoxy) is 2. The number of rotatable bonds is 6. The number of carbonyl (C=O) groups excluding carboxylic acids is 2. The summed E-state index contributed by atoms with van der Waals surface area (Å²) in [5.41, 5.74) is 0.520. The molecule has 152 valence electrons. The predicted molar refractivity (Wildman–Crippen MR) is 105 cm³/mol. The molecule has 0 unspecified atom stereocenters. The first-order chi connectivity index (χ1) is 13.6. The molecule has 0 aromatic heterocycles. The maximum absolute atomic E-state index is 12.4. The molecule has 6 nitrogen and oxygen atoms in total. The van der Waals surface area contributed by atoms with Crippen LogP contribution in [0.4, 0.5) is 0 Å². The number of para-hydroxylation sites is 1. The zero-order chi connectivity index (χ0) is 19.7. The van der Waals surface area contributed by atoms with E-state index < -0.39 is 11.8 Å². The van der Waals surface area contributed by atoms with E-state index in [1.54, 1.807) is 14.2 Å². The van der Waals surface area contributed by atoms with Gasteiger partial charge in [-0.2, -0.15) is 0 Å². The molecule has 0 atom stereocenters. The molecule has 0 radical (unpaired) electrons. The van der Waals surface area contributed by atoms with Crippen molar-refractivity contribution in [1.29, 1.82) is 0 Å². The van der Waals surface area contributed by atoms with E-state index in [1.165, 1.54) is 32.1 Å². The van der Waals surface area contributed by atoms with E-state index in [9.17, 15) is 9.59 Å². The Balaban J connectivity index is 1.34. The zero-order valence-corrected chi connectivity index (χ0v) is 16.7. The summed E-state index contributed by atoms with van der Waals surface area (Å²) in [6, 6.07) is 7.44. The average molecular weight is 386 g/mol. The van der Waals surface area contributed by atoms with Gasteiger partial charge in [0.25, 0.3) is 0 Å². The molecule has 4 saturated carbocycles. The lowest BCUT2D eigenvalue weighted by Gasteiger charge is -2.60. The average Bonchev–Trinajstić information content (AvgIpc) is 2.71. The van der Waals surface area contributed by atoms with Crippen molar-refractivity contribution >= 4 is 11.8 Å². The maximum atomic E-state index is 12.4. The molecule has 28 heavy (non-hydrogen) atoms. The van der Waals surface area contributed by atoms with Crippen molar-refractivity contribution in [3.8, 4) is 5.75 Å².